The van der Waals surface area contributed by atoms with Gasteiger partial charge in [0, 0.05) is 37.4 Å². The zero-order chi connectivity index (χ0) is 23.2. The first-order chi connectivity index (χ1) is 16.8. The van der Waals surface area contributed by atoms with Crippen LogP contribution in [-0.2, 0) is 4.74 Å². The monoisotopic (exact) mass is 472 g/mol. The van der Waals surface area contributed by atoms with Crippen molar-refractivity contribution in [3.05, 3.63) is 107 Å². The highest BCUT2D eigenvalue weighted by Gasteiger charge is 2.26. The van der Waals surface area contributed by atoms with E-state index in [4.69, 9.17) is 4.74 Å². The van der Waals surface area contributed by atoms with Crippen molar-refractivity contribution < 1.29 is 9.84 Å². The van der Waals surface area contributed by atoms with Crippen LogP contribution in [0.3, 0.4) is 0 Å². The van der Waals surface area contributed by atoms with Gasteiger partial charge < -0.3 is 9.84 Å². The third-order valence-electron chi connectivity index (χ3n) is 6.69. The summed E-state index contributed by atoms with van der Waals surface area (Å²) in [6.07, 6.45) is -0.585. The maximum Gasteiger partial charge on any atom is 0.102 e. The van der Waals surface area contributed by atoms with E-state index in [1.165, 1.54) is 21.2 Å². The molecule has 0 saturated carbocycles. The first-order valence-corrected chi connectivity index (χ1v) is 13.0. The number of rotatable bonds is 9. The number of benzene rings is 3. The first kappa shape index (κ1) is 23.2. The van der Waals surface area contributed by atoms with Crippen molar-refractivity contribution >= 4 is 21.4 Å². The van der Waals surface area contributed by atoms with Crippen molar-refractivity contribution in [1.29, 1.82) is 0 Å². The van der Waals surface area contributed by atoms with Gasteiger partial charge in [0.1, 0.15) is 6.10 Å². The van der Waals surface area contributed by atoms with Gasteiger partial charge in [0.25, 0.3) is 0 Å². The zero-order valence-corrected chi connectivity index (χ0v) is 20.2. The van der Waals surface area contributed by atoms with Gasteiger partial charge in [0.05, 0.1) is 19.3 Å². The van der Waals surface area contributed by atoms with Gasteiger partial charge in [-0.2, -0.15) is 0 Å². The lowest BCUT2D eigenvalue weighted by atomic mass is 9.96. The van der Waals surface area contributed by atoms with Crippen LogP contribution in [0.5, 0.6) is 0 Å². The molecule has 1 aliphatic rings. The largest absolute Gasteiger partial charge is 0.386 e. The molecule has 3 aromatic carbocycles. The normalized spacial score (nSPS) is 16.3. The standard InChI is InChI=1S/C29H32N2O2S/c32-27(25-11-12-28-26(21-25)13-20-34-28)22-33-19-18-30-14-16-31(17-15-30)29(23-7-3-1-4-8-23)24-9-5-2-6-10-24/h1-13,20-21,27,29,32H,14-19,22H2. The highest BCUT2D eigenvalue weighted by molar-refractivity contribution is 7.17. The maximum absolute atomic E-state index is 10.5. The third kappa shape index (κ3) is 5.57. The molecule has 1 saturated heterocycles. The predicted molar refractivity (Wildman–Crippen MR) is 140 cm³/mol. The van der Waals surface area contributed by atoms with Crippen molar-refractivity contribution in [3.63, 3.8) is 0 Å². The molecule has 0 spiro atoms. The van der Waals surface area contributed by atoms with Crippen molar-refractivity contribution in [2.45, 2.75) is 12.1 Å². The Labute approximate surface area is 206 Å². The summed E-state index contributed by atoms with van der Waals surface area (Å²) in [7, 11) is 0. The summed E-state index contributed by atoms with van der Waals surface area (Å²) in [5.74, 6) is 0. The number of fused-ring (bicyclic) bond motifs is 1. The van der Waals surface area contributed by atoms with E-state index < -0.39 is 6.10 Å². The predicted octanol–water partition coefficient (Wildman–Crippen LogP) is 5.36. The maximum atomic E-state index is 10.5. The van der Waals surface area contributed by atoms with Crippen LogP contribution in [0.25, 0.3) is 10.1 Å². The number of piperazine rings is 1. The summed E-state index contributed by atoms with van der Waals surface area (Å²) in [6.45, 7) is 5.97. The smallest absolute Gasteiger partial charge is 0.102 e. The molecule has 1 aromatic heterocycles. The molecule has 5 heteroatoms. The van der Waals surface area contributed by atoms with Crippen LogP contribution < -0.4 is 0 Å². The number of nitrogens with zero attached hydrogens (tertiary/aromatic N) is 2. The van der Waals surface area contributed by atoms with E-state index in [9.17, 15) is 5.11 Å². The lowest BCUT2D eigenvalue weighted by Gasteiger charge is -2.39. The molecule has 1 N–H and O–H groups in total. The number of ether oxygens (including phenoxy) is 1. The van der Waals surface area contributed by atoms with E-state index in [1.807, 2.05) is 6.07 Å². The summed E-state index contributed by atoms with van der Waals surface area (Å²) >= 11 is 1.72. The second kappa shape index (κ2) is 11.3. The molecule has 1 atom stereocenters. The Morgan fingerprint density at radius 2 is 1.47 bits per heavy atom. The van der Waals surface area contributed by atoms with E-state index in [0.29, 0.717) is 13.2 Å². The fourth-order valence-corrected chi connectivity index (χ4v) is 5.58. The van der Waals surface area contributed by atoms with E-state index >= 15 is 0 Å². The van der Waals surface area contributed by atoms with Gasteiger partial charge in [-0.25, -0.2) is 0 Å². The molecule has 0 radical (unpaired) electrons. The average Bonchev–Trinajstić information content (AvgIpc) is 3.37. The van der Waals surface area contributed by atoms with E-state index in [1.54, 1.807) is 11.3 Å². The fraction of sp³-hybridized carbons (Fsp3) is 0.310. The van der Waals surface area contributed by atoms with Gasteiger partial charge in [0.15, 0.2) is 0 Å². The minimum absolute atomic E-state index is 0.288. The first-order valence-electron chi connectivity index (χ1n) is 12.1. The highest BCUT2D eigenvalue weighted by atomic mass is 32.1. The molecule has 1 unspecified atom stereocenters. The molecule has 1 aliphatic heterocycles. The summed E-state index contributed by atoms with van der Waals surface area (Å²) in [5.41, 5.74) is 3.62. The summed E-state index contributed by atoms with van der Waals surface area (Å²) in [5, 5.41) is 13.8. The molecule has 1 fully saturated rings. The van der Waals surface area contributed by atoms with Crippen LogP contribution in [0.1, 0.15) is 28.8 Å². The van der Waals surface area contributed by atoms with E-state index in [0.717, 1.165) is 38.3 Å². The summed E-state index contributed by atoms with van der Waals surface area (Å²) in [6, 6.07) is 30.2. The Balaban J connectivity index is 1.10. The van der Waals surface area contributed by atoms with Gasteiger partial charge in [-0.15, -0.1) is 11.3 Å². The molecule has 4 aromatic rings. The van der Waals surface area contributed by atoms with Crippen molar-refractivity contribution in [2.24, 2.45) is 0 Å². The van der Waals surface area contributed by atoms with Gasteiger partial charge in [-0.3, -0.25) is 9.80 Å². The minimum atomic E-state index is -0.585. The molecule has 0 amide bonds. The Morgan fingerprint density at radius 1 is 0.794 bits per heavy atom. The van der Waals surface area contributed by atoms with Crippen LogP contribution in [0, 0.1) is 0 Å². The quantitative estimate of drug-likeness (QED) is 0.333. The number of hydrogen-bond acceptors (Lipinski definition) is 5. The summed E-state index contributed by atoms with van der Waals surface area (Å²) < 4.78 is 7.10. The molecule has 2 heterocycles. The van der Waals surface area contributed by atoms with Gasteiger partial charge in [0.2, 0.25) is 0 Å². The molecule has 5 rings (SSSR count). The molecule has 0 bridgehead atoms. The SMILES string of the molecule is OC(COCCN1CCN(C(c2ccccc2)c2ccccc2)CC1)c1ccc2sccc2c1. The number of aliphatic hydroxyl groups excluding tert-OH is 1. The van der Waals surface area contributed by atoms with Gasteiger partial charge in [-0.1, -0.05) is 66.7 Å². The van der Waals surface area contributed by atoms with Crippen molar-refractivity contribution in [3.8, 4) is 0 Å². The van der Waals surface area contributed by atoms with Crippen LogP contribution in [0.15, 0.2) is 90.3 Å². The molecule has 4 nitrogen and oxygen atoms in total. The van der Waals surface area contributed by atoms with Crippen LogP contribution in [-0.4, -0.2) is 60.8 Å². The second-order valence-electron chi connectivity index (χ2n) is 8.91. The van der Waals surface area contributed by atoms with Crippen LogP contribution in [0.2, 0.25) is 0 Å². The van der Waals surface area contributed by atoms with E-state index in [2.05, 4.69) is 94.0 Å². The number of aliphatic hydroxyl groups is 1. The Morgan fingerprint density at radius 3 is 2.15 bits per heavy atom. The van der Waals surface area contributed by atoms with E-state index in [-0.39, 0.29) is 6.04 Å². The molecular formula is C29H32N2O2S. The van der Waals surface area contributed by atoms with Gasteiger partial charge >= 0.3 is 0 Å². The lowest BCUT2D eigenvalue weighted by molar-refractivity contribution is 0.0183. The third-order valence-corrected chi connectivity index (χ3v) is 7.59. The number of thiophene rings is 1. The van der Waals surface area contributed by atoms with Crippen molar-refractivity contribution in [2.75, 3.05) is 45.9 Å². The Kier molecular flexibility index (Phi) is 7.69. The lowest BCUT2D eigenvalue weighted by Crippen LogP contribution is -2.48. The zero-order valence-electron chi connectivity index (χ0n) is 19.4. The van der Waals surface area contributed by atoms with Crippen LogP contribution in [0.4, 0.5) is 0 Å². The highest BCUT2D eigenvalue weighted by Crippen LogP contribution is 2.29. The summed E-state index contributed by atoms with van der Waals surface area (Å²) in [4.78, 5) is 5.06. The fourth-order valence-electron chi connectivity index (χ4n) is 4.81. The molecular weight excluding hydrogens is 440 g/mol. The van der Waals surface area contributed by atoms with Crippen molar-refractivity contribution in [1.82, 2.24) is 9.80 Å². The topological polar surface area (TPSA) is 35.9 Å². The molecule has 176 valence electrons. The average molecular weight is 473 g/mol. The van der Waals surface area contributed by atoms with Crippen LogP contribution >= 0.6 is 11.3 Å². The minimum Gasteiger partial charge on any atom is -0.386 e. The Hall–Kier alpha value is -2.54. The van der Waals surface area contributed by atoms with Gasteiger partial charge in [-0.05, 0) is 45.7 Å². The molecule has 34 heavy (non-hydrogen) atoms. The second-order valence-corrected chi connectivity index (χ2v) is 9.86. The number of hydrogen-bond donors (Lipinski definition) is 1. The molecule has 0 aliphatic carbocycles. The Bertz CT molecular complexity index is 1120.